The average Bonchev–Trinajstić information content (AvgIpc) is 1.77. The van der Waals surface area contributed by atoms with E-state index in [-0.39, 0.29) is 5.94 Å². The topological polar surface area (TPSA) is 55.5 Å². The molecule has 1 unspecified atom stereocenters. The highest BCUT2D eigenvalue weighted by Crippen LogP contribution is 2.05. The van der Waals surface area contributed by atoms with Gasteiger partial charge in [-0.05, 0) is 12.8 Å². The lowest BCUT2D eigenvalue weighted by Gasteiger charge is -2.19. The predicted octanol–water partition coefficient (Wildman–Crippen LogP) is -0.856. The van der Waals surface area contributed by atoms with Crippen LogP contribution in [0.1, 0.15) is 12.8 Å². The van der Waals surface area contributed by atoms with Gasteiger partial charge in [-0.25, -0.2) is 0 Å². The van der Waals surface area contributed by atoms with Gasteiger partial charge in [-0.2, -0.15) is 0 Å². The van der Waals surface area contributed by atoms with Crippen molar-refractivity contribution in [1.82, 2.24) is 0 Å². The van der Waals surface area contributed by atoms with Crippen LogP contribution in [0.3, 0.4) is 0 Å². The van der Waals surface area contributed by atoms with Crippen LogP contribution in [0.2, 0.25) is 0 Å². The molecule has 0 saturated carbocycles. The molecule has 0 aliphatic carbocycles. The van der Waals surface area contributed by atoms with E-state index in [4.69, 9.17) is 15.4 Å². The van der Waals surface area contributed by atoms with E-state index in [2.05, 4.69) is 0 Å². The zero-order valence-electron chi connectivity index (χ0n) is 4.71. The molecule has 4 heteroatoms. The second kappa shape index (κ2) is 2.48. The van der Waals surface area contributed by atoms with Crippen molar-refractivity contribution in [3.05, 3.63) is 0 Å². The lowest BCUT2D eigenvalue weighted by atomic mass is 9.75. The van der Waals surface area contributed by atoms with Crippen LogP contribution < -0.4 is 5.73 Å². The second-order valence-electron chi connectivity index (χ2n) is 2.07. The third-order valence-electron chi connectivity index (χ3n) is 1.34. The molecular weight excluding hydrogens is 105 g/mol. The molecule has 1 saturated heterocycles. The Balaban J connectivity index is 2.28. The fourth-order valence-electron chi connectivity index (χ4n) is 0.789. The van der Waals surface area contributed by atoms with Gasteiger partial charge >= 0.3 is 7.12 Å². The number of hydrogen-bond acceptors (Lipinski definition) is 3. The molecule has 0 amide bonds. The largest absolute Gasteiger partial charge is 0.472 e. The monoisotopic (exact) mass is 115 g/mol. The first-order valence-electron chi connectivity index (χ1n) is 2.86. The molecule has 46 valence electrons. The summed E-state index contributed by atoms with van der Waals surface area (Å²) in [5.41, 5.74) is 5.40. The quantitative estimate of drug-likeness (QED) is 0.404. The maximum atomic E-state index is 8.83. The maximum absolute atomic E-state index is 8.83. The molecule has 1 rings (SSSR count). The third kappa shape index (κ3) is 1.21. The summed E-state index contributed by atoms with van der Waals surface area (Å²) >= 11 is 0. The number of rotatable bonds is 0. The van der Waals surface area contributed by atoms with Gasteiger partial charge in [0.05, 0.1) is 0 Å². The zero-order chi connectivity index (χ0) is 5.98. The van der Waals surface area contributed by atoms with Gasteiger partial charge in [-0.15, -0.1) is 0 Å². The predicted molar refractivity (Wildman–Crippen MR) is 31.1 cm³/mol. The van der Waals surface area contributed by atoms with Gasteiger partial charge in [0, 0.05) is 12.5 Å². The Bertz CT molecular complexity index is 70.4. The summed E-state index contributed by atoms with van der Waals surface area (Å²) in [6.45, 7) is 0.648. The fourth-order valence-corrected chi connectivity index (χ4v) is 0.789. The van der Waals surface area contributed by atoms with Crippen molar-refractivity contribution >= 4 is 7.12 Å². The van der Waals surface area contributed by atoms with E-state index in [0.29, 0.717) is 6.61 Å². The van der Waals surface area contributed by atoms with Gasteiger partial charge in [0.25, 0.3) is 0 Å². The van der Waals surface area contributed by atoms with Gasteiger partial charge < -0.3 is 15.4 Å². The second-order valence-corrected chi connectivity index (χ2v) is 2.07. The summed E-state index contributed by atoms with van der Waals surface area (Å²) in [6.07, 6.45) is 1.85. The van der Waals surface area contributed by atoms with Crippen LogP contribution in [0.4, 0.5) is 0 Å². The molecule has 1 heterocycles. The van der Waals surface area contributed by atoms with Gasteiger partial charge in [0.1, 0.15) is 0 Å². The molecule has 1 aliphatic rings. The molecule has 0 bridgehead atoms. The summed E-state index contributed by atoms with van der Waals surface area (Å²) < 4.78 is 4.82. The smallest absolute Gasteiger partial charge is 0.426 e. The van der Waals surface area contributed by atoms with E-state index in [1.807, 2.05) is 0 Å². The van der Waals surface area contributed by atoms with Crippen LogP contribution in [0, 0.1) is 0 Å². The van der Waals surface area contributed by atoms with Crippen molar-refractivity contribution in [2.45, 2.75) is 18.8 Å². The van der Waals surface area contributed by atoms with Gasteiger partial charge in [0.15, 0.2) is 0 Å². The molecule has 3 nitrogen and oxygen atoms in total. The molecule has 1 aliphatic heterocycles. The van der Waals surface area contributed by atoms with Crippen LogP contribution in [-0.4, -0.2) is 24.7 Å². The summed E-state index contributed by atoms with van der Waals surface area (Å²) in [7, 11) is -0.719. The van der Waals surface area contributed by atoms with Crippen molar-refractivity contribution in [3.8, 4) is 0 Å². The standard InChI is InChI=1S/C4H10BNO2/c6-4-2-1-3-8-5(4)7/h4,7H,1-3,6H2. The molecular formula is C4H10BNO2. The van der Waals surface area contributed by atoms with E-state index in [1.165, 1.54) is 0 Å². The number of hydrogen-bond donors (Lipinski definition) is 2. The van der Waals surface area contributed by atoms with Gasteiger partial charge in [0.2, 0.25) is 0 Å². The molecule has 3 N–H and O–H groups in total. The van der Waals surface area contributed by atoms with Crippen LogP contribution >= 0.6 is 0 Å². The van der Waals surface area contributed by atoms with E-state index < -0.39 is 7.12 Å². The first-order valence-corrected chi connectivity index (χ1v) is 2.86. The molecule has 0 aromatic heterocycles. The van der Waals surface area contributed by atoms with E-state index in [1.54, 1.807) is 0 Å². The first kappa shape index (κ1) is 6.07. The van der Waals surface area contributed by atoms with Crippen molar-refractivity contribution in [2.24, 2.45) is 5.73 Å². The molecule has 0 aromatic carbocycles. The Morgan fingerprint density at radius 2 is 2.50 bits per heavy atom. The van der Waals surface area contributed by atoms with Crippen LogP contribution in [0.25, 0.3) is 0 Å². The maximum Gasteiger partial charge on any atom is 0.472 e. The minimum atomic E-state index is -0.719. The van der Waals surface area contributed by atoms with E-state index in [9.17, 15) is 0 Å². The van der Waals surface area contributed by atoms with Crippen molar-refractivity contribution in [3.63, 3.8) is 0 Å². The Kier molecular flexibility index (Phi) is 1.88. The molecule has 8 heavy (non-hydrogen) atoms. The summed E-state index contributed by atoms with van der Waals surface area (Å²) in [6, 6.07) is 0. The van der Waals surface area contributed by atoms with E-state index in [0.717, 1.165) is 12.8 Å². The molecule has 0 radical (unpaired) electrons. The summed E-state index contributed by atoms with van der Waals surface area (Å²) in [5, 5.41) is 8.83. The SMILES string of the molecule is NC1CCCOB1O. The minimum Gasteiger partial charge on any atom is -0.426 e. The van der Waals surface area contributed by atoms with Crippen LogP contribution in [-0.2, 0) is 4.65 Å². The van der Waals surface area contributed by atoms with Crippen molar-refractivity contribution in [1.29, 1.82) is 0 Å². The highest BCUT2D eigenvalue weighted by atomic mass is 16.5. The minimum absolute atomic E-state index is 0.163. The first-order chi connectivity index (χ1) is 3.80. The Morgan fingerprint density at radius 3 is 2.88 bits per heavy atom. The Labute approximate surface area is 49.0 Å². The Morgan fingerprint density at radius 1 is 1.75 bits per heavy atom. The van der Waals surface area contributed by atoms with E-state index >= 15 is 0 Å². The zero-order valence-corrected chi connectivity index (χ0v) is 4.71. The fraction of sp³-hybridized carbons (Fsp3) is 1.00. The lowest BCUT2D eigenvalue weighted by molar-refractivity contribution is 0.214. The molecule has 0 spiro atoms. The average molecular weight is 115 g/mol. The molecule has 0 aromatic rings. The van der Waals surface area contributed by atoms with Crippen molar-refractivity contribution < 1.29 is 9.68 Å². The Hall–Kier alpha value is -0.0551. The normalized spacial score (nSPS) is 30.8. The van der Waals surface area contributed by atoms with Gasteiger partial charge in [-0.3, -0.25) is 0 Å². The van der Waals surface area contributed by atoms with Crippen molar-refractivity contribution in [2.75, 3.05) is 6.61 Å². The molecule has 1 atom stereocenters. The van der Waals surface area contributed by atoms with Gasteiger partial charge in [-0.1, -0.05) is 0 Å². The summed E-state index contributed by atoms with van der Waals surface area (Å²) in [4.78, 5) is 0. The van der Waals surface area contributed by atoms with Crippen LogP contribution in [0.15, 0.2) is 0 Å². The third-order valence-corrected chi connectivity index (χ3v) is 1.34. The van der Waals surface area contributed by atoms with Crippen LogP contribution in [0.5, 0.6) is 0 Å². The lowest BCUT2D eigenvalue weighted by Crippen LogP contribution is -2.44. The highest BCUT2D eigenvalue weighted by Gasteiger charge is 2.25. The number of nitrogens with two attached hydrogens (primary N) is 1. The molecule has 1 fully saturated rings. The summed E-state index contributed by atoms with van der Waals surface area (Å²) in [5.74, 6) is -0.163. The highest BCUT2D eigenvalue weighted by molar-refractivity contribution is 6.45.